The van der Waals surface area contributed by atoms with E-state index in [0.29, 0.717) is 39.3 Å². The number of primary amides is 1. The van der Waals surface area contributed by atoms with Gasteiger partial charge in [-0.2, -0.15) is 0 Å². The molecule has 0 radical (unpaired) electrons. The van der Waals surface area contributed by atoms with E-state index in [9.17, 15) is 24.0 Å². The lowest BCUT2D eigenvalue weighted by atomic mass is 10.1. The molecule has 5 N–H and O–H groups in total. The molecule has 66 heavy (non-hydrogen) atoms. The summed E-state index contributed by atoms with van der Waals surface area (Å²) in [5, 5.41) is 3.11. The Morgan fingerprint density at radius 2 is 0.561 bits per heavy atom. The van der Waals surface area contributed by atoms with Gasteiger partial charge in [0.25, 0.3) is 0 Å². The van der Waals surface area contributed by atoms with Crippen molar-refractivity contribution in [2.24, 2.45) is 11.5 Å². The van der Waals surface area contributed by atoms with E-state index in [1.54, 1.807) is 14.7 Å². The van der Waals surface area contributed by atoms with E-state index >= 15 is 0 Å². The first-order chi connectivity index (χ1) is 32.1. The summed E-state index contributed by atoms with van der Waals surface area (Å²) >= 11 is 0. The molecular weight excluding hydrogens is 827 g/mol. The molecule has 0 aromatic carbocycles. The third-order valence-corrected chi connectivity index (χ3v) is 13.0. The summed E-state index contributed by atoms with van der Waals surface area (Å²) in [5.41, 5.74) is 11.4. The Morgan fingerprint density at radius 3 is 0.803 bits per heavy atom. The highest BCUT2D eigenvalue weighted by molar-refractivity contribution is 5.91. The highest BCUT2D eigenvalue weighted by Gasteiger charge is 2.27. The maximum absolute atomic E-state index is 14.5. The molecule has 0 aromatic heterocycles. The SMILES string of the molecule is CCCCCCCCCCCN(CC(N)=O)C(=O)CN(CCCCCCCCCC)C(=O)CN(CCCCCCCCCCC)C(=O)CN(CCCCCCCCCC)C(=O)CNCCN. The molecule has 0 rings (SSSR count). The molecule has 0 fully saturated rings. The predicted octanol–water partition coefficient (Wildman–Crippen LogP) is 10.7. The Balaban J connectivity index is 6.15. The van der Waals surface area contributed by atoms with Crippen LogP contribution >= 0.6 is 0 Å². The second-order valence-electron chi connectivity index (χ2n) is 19.3. The largest absolute Gasteiger partial charge is 0.368 e. The van der Waals surface area contributed by atoms with E-state index in [2.05, 4.69) is 33.0 Å². The number of nitrogens with zero attached hydrogens (tertiary/aromatic N) is 4. The molecule has 0 atom stereocenters. The van der Waals surface area contributed by atoms with Crippen LogP contribution in [0.1, 0.15) is 246 Å². The molecule has 0 aliphatic heterocycles. The summed E-state index contributed by atoms with van der Waals surface area (Å²) < 4.78 is 0. The van der Waals surface area contributed by atoms with Crippen molar-refractivity contribution in [1.29, 1.82) is 0 Å². The Labute approximate surface area is 406 Å². The van der Waals surface area contributed by atoms with Crippen molar-refractivity contribution in [2.75, 3.05) is 72.0 Å². The second-order valence-corrected chi connectivity index (χ2v) is 19.3. The van der Waals surface area contributed by atoms with Crippen LogP contribution in [0.2, 0.25) is 0 Å². The monoisotopic (exact) mass is 934 g/mol. The lowest BCUT2D eigenvalue weighted by Gasteiger charge is -2.31. The van der Waals surface area contributed by atoms with E-state index in [4.69, 9.17) is 11.5 Å². The molecule has 0 saturated carbocycles. The lowest BCUT2D eigenvalue weighted by Crippen LogP contribution is -2.51. The van der Waals surface area contributed by atoms with Crippen molar-refractivity contribution in [1.82, 2.24) is 24.9 Å². The van der Waals surface area contributed by atoms with Gasteiger partial charge in [-0.15, -0.1) is 0 Å². The minimum Gasteiger partial charge on any atom is -0.368 e. The van der Waals surface area contributed by atoms with Gasteiger partial charge >= 0.3 is 0 Å². The first kappa shape index (κ1) is 63.3. The maximum Gasteiger partial charge on any atom is 0.242 e. The minimum atomic E-state index is -0.567. The third kappa shape index (κ3) is 38.3. The van der Waals surface area contributed by atoms with Gasteiger partial charge in [0.15, 0.2) is 0 Å². The summed E-state index contributed by atoms with van der Waals surface area (Å²) in [6.07, 6.45) is 38.3. The topological polar surface area (TPSA) is 162 Å². The molecule has 0 saturated heterocycles. The van der Waals surface area contributed by atoms with Crippen molar-refractivity contribution in [3.63, 3.8) is 0 Å². The number of carbonyl (C=O) groups excluding carboxylic acids is 5. The average molecular weight is 934 g/mol. The number of rotatable bonds is 50. The standard InChI is InChI=1S/C54H107N7O5/c1-5-9-13-17-21-25-29-31-35-41-58(46-50(56)62)52(64)48-60(43-37-33-28-24-20-16-12-8-4)54(66)49-61(44-38-34-30-26-22-18-14-10-6-2)53(65)47-59(51(63)45-57-40-39-55)42-36-32-27-23-19-15-11-7-3/h57H,5-49,55H2,1-4H3,(H2,56,62). The molecule has 12 nitrogen and oxygen atoms in total. The van der Waals surface area contributed by atoms with Crippen LogP contribution in [-0.4, -0.2) is 121 Å². The van der Waals surface area contributed by atoms with Gasteiger partial charge in [-0.25, -0.2) is 0 Å². The summed E-state index contributed by atoms with van der Waals surface area (Å²) in [6.45, 7) is 11.1. The third-order valence-electron chi connectivity index (χ3n) is 13.0. The highest BCUT2D eigenvalue weighted by Crippen LogP contribution is 2.15. The number of carbonyl (C=O) groups is 5. The number of nitrogens with one attached hydrogen (secondary N) is 1. The number of unbranched alkanes of at least 4 members (excludes halogenated alkanes) is 30. The fourth-order valence-electron chi connectivity index (χ4n) is 8.65. The lowest BCUT2D eigenvalue weighted by molar-refractivity contribution is -0.146. The molecule has 5 amide bonds. The number of nitrogens with two attached hydrogens (primary N) is 2. The van der Waals surface area contributed by atoms with E-state index in [0.717, 1.165) is 89.9 Å². The normalized spacial score (nSPS) is 11.2. The van der Waals surface area contributed by atoms with Gasteiger partial charge in [0, 0.05) is 39.3 Å². The quantitative estimate of drug-likeness (QED) is 0.0511. The van der Waals surface area contributed by atoms with Gasteiger partial charge in [-0.05, 0) is 25.7 Å². The molecule has 0 spiro atoms. The molecule has 0 heterocycles. The molecule has 0 unspecified atom stereocenters. The summed E-state index contributed by atoms with van der Waals surface area (Å²) in [6, 6.07) is 0. The molecule has 388 valence electrons. The molecular formula is C54H107N7O5. The van der Waals surface area contributed by atoms with Crippen LogP contribution in [0.3, 0.4) is 0 Å². The zero-order chi connectivity index (χ0) is 48.7. The molecule has 0 aromatic rings. The van der Waals surface area contributed by atoms with Crippen molar-refractivity contribution in [3.8, 4) is 0 Å². The Hall–Kier alpha value is -2.73. The van der Waals surface area contributed by atoms with Crippen LogP contribution in [0.4, 0.5) is 0 Å². The van der Waals surface area contributed by atoms with Crippen LogP contribution < -0.4 is 16.8 Å². The van der Waals surface area contributed by atoms with Crippen LogP contribution in [0.5, 0.6) is 0 Å². The highest BCUT2D eigenvalue weighted by atomic mass is 16.2. The zero-order valence-corrected chi connectivity index (χ0v) is 43.8. The van der Waals surface area contributed by atoms with Crippen LogP contribution in [0, 0.1) is 0 Å². The van der Waals surface area contributed by atoms with Crippen molar-refractivity contribution < 1.29 is 24.0 Å². The van der Waals surface area contributed by atoms with Crippen LogP contribution in [0.25, 0.3) is 0 Å². The molecule has 0 aliphatic rings. The van der Waals surface area contributed by atoms with Gasteiger partial charge in [-0.3, -0.25) is 24.0 Å². The van der Waals surface area contributed by atoms with Gasteiger partial charge in [0.1, 0.15) is 0 Å². The number of amides is 5. The summed E-state index contributed by atoms with van der Waals surface area (Å²) in [4.78, 5) is 75.0. The van der Waals surface area contributed by atoms with Crippen molar-refractivity contribution in [2.45, 2.75) is 246 Å². The molecule has 12 heteroatoms. The van der Waals surface area contributed by atoms with E-state index < -0.39 is 5.91 Å². The molecule has 0 bridgehead atoms. The summed E-state index contributed by atoms with van der Waals surface area (Å²) in [5.74, 6) is -1.51. The van der Waals surface area contributed by atoms with Crippen molar-refractivity contribution >= 4 is 29.5 Å². The van der Waals surface area contributed by atoms with Gasteiger partial charge in [0.05, 0.1) is 32.7 Å². The maximum atomic E-state index is 14.5. The first-order valence-corrected chi connectivity index (χ1v) is 27.9. The van der Waals surface area contributed by atoms with Gasteiger partial charge in [0.2, 0.25) is 29.5 Å². The minimum absolute atomic E-state index is 0.0908. The van der Waals surface area contributed by atoms with Crippen LogP contribution in [0.15, 0.2) is 0 Å². The van der Waals surface area contributed by atoms with E-state index in [1.807, 2.05) is 0 Å². The Kier molecular flexibility index (Phi) is 45.4. The van der Waals surface area contributed by atoms with Gasteiger partial charge in [-0.1, -0.05) is 220 Å². The van der Waals surface area contributed by atoms with Gasteiger partial charge < -0.3 is 36.4 Å². The average Bonchev–Trinajstić information content (AvgIpc) is 3.30. The summed E-state index contributed by atoms with van der Waals surface area (Å²) in [7, 11) is 0. The van der Waals surface area contributed by atoms with Crippen LogP contribution in [-0.2, 0) is 24.0 Å². The smallest absolute Gasteiger partial charge is 0.242 e. The Bertz CT molecular complexity index is 1170. The zero-order valence-electron chi connectivity index (χ0n) is 43.8. The Morgan fingerprint density at radius 1 is 0.333 bits per heavy atom. The second kappa shape index (κ2) is 47.3. The first-order valence-electron chi connectivity index (χ1n) is 27.9. The number of hydrogen-bond donors (Lipinski definition) is 3. The van der Waals surface area contributed by atoms with Crippen molar-refractivity contribution in [3.05, 3.63) is 0 Å². The van der Waals surface area contributed by atoms with E-state index in [-0.39, 0.29) is 56.4 Å². The fourth-order valence-corrected chi connectivity index (χ4v) is 8.65. The predicted molar refractivity (Wildman–Crippen MR) is 277 cm³/mol. The van der Waals surface area contributed by atoms with E-state index in [1.165, 1.54) is 133 Å². The fraction of sp³-hybridized carbons (Fsp3) is 0.907. The molecule has 0 aliphatic carbocycles. The number of hydrogen-bond acceptors (Lipinski definition) is 7.